The van der Waals surface area contributed by atoms with E-state index in [0.717, 1.165) is 0 Å². The number of hydrogen-bond donors (Lipinski definition) is 0. The summed E-state index contributed by atoms with van der Waals surface area (Å²) in [5, 5.41) is 11.2. The highest BCUT2D eigenvalue weighted by atomic mass is 15.6. The fourth-order valence-electron chi connectivity index (χ4n) is 0.591. The first-order chi connectivity index (χ1) is 4.97. The number of aliphatic imine (C=N–C) groups is 1. The van der Waals surface area contributed by atoms with Gasteiger partial charge in [-0.25, -0.2) is 0 Å². The standard InChI is InChI=1S/C4H3N6/c1-2-8-10(7-1)4-5-3-6-9-4/h1-3H. The van der Waals surface area contributed by atoms with Gasteiger partial charge in [-0.15, -0.1) is 15.3 Å². The van der Waals surface area contributed by atoms with Crippen molar-refractivity contribution >= 4 is 12.3 Å². The third kappa shape index (κ3) is 0.661. The maximum absolute atomic E-state index is 3.80. The molecule has 0 aliphatic carbocycles. The molecule has 2 rings (SSSR count). The molecule has 1 radical (unpaired) electrons. The average molecular weight is 135 g/mol. The molecular formula is C4H3N6. The van der Waals surface area contributed by atoms with Gasteiger partial charge in [0.1, 0.15) is 6.34 Å². The second-order valence-corrected chi connectivity index (χ2v) is 1.58. The zero-order valence-electron chi connectivity index (χ0n) is 4.92. The summed E-state index contributed by atoms with van der Waals surface area (Å²) in [6.45, 7) is 0. The van der Waals surface area contributed by atoms with Crippen molar-refractivity contribution in [1.82, 2.24) is 20.4 Å². The lowest BCUT2D eigenvalue weighted by atomic mass is 11.0. The molecule has 0 saturated heterocycles. The van der Waals surface area contributed by atoms with Crippen molar-refractivity contribution in [3.63, 3.8) is 0 Å². The molecule has 49 valence electrons. The quantitative estimate of drug-likeness (QED) is 0.460. The Morgan fingerprint density at radius 3 is 2.60 bits per heavy atom. The number of hydrogen-bond acceptors (Lipinski definition) is 4. The predicted octanol–water partition coefficient (Wildman–Crippen LogP) is -0.957. The van der Waals surface area contributed by atoms with E-state index in [0.29, 0.717) is 5.96 Å². The lowest BCUT2D eigenvalue weighted by molar-refractivity contribution is 0.784. The Bertz CT molecular complexity index is 270. The third-order valence-corrected chi connectivity index (χ3v) is 0.970. The van der Waals surface area contributed by atoms with Crippen molar-refractivity contribution in [3.05, 3.63) is 12.4 Å². The summed E-state index contributed by atoms with van der Waals surface area (Å²) in [5.74, 6) is 0.394. The Hall–Kier alpha value is -1.72. The van der Waals surface area contributed by atoms with E-state index < -0.39 is 0 Å². The van der Waals surface area contributed by atoms with Crippen molar-refractivity contribution in [1.29, 1.82) is 0 Å². The second-order valence-electron chi connectivity index (χ2n) is 1.58. The molecule has 1 aromatic heterocycles. The Morgan fingerprint density at radius 2 is 2.00 bits per heavy atom. The Kier molecular flexibility index (Phi) is 0.970. The molecule has 0 saturated carbocycles. The molecule has 0 fully saturated rings. The van der Waals surface area contributed by atoms with Gasteiger partial charge in [0, 0.05) is 0 Å². The van der Waals surface area contributed by atoms with E-state index >= 15 is 0 Å². The molecule has 0 unspecified atom stereocenters. The van der Waals surface area contributed by atoms with Gasteiger partial charge < -0.3 is 0 Å². The van der Waals surface area contributed by atoms with Gasteiger partial charge in [-0.05, 0) is 0 Å². The molecule has 0 bridgehead atoms. The molecule has 2 heterocycles. The van der Waals surface area contributed by atoms with Gasteiger partial charge in [0.25, 0.3) is 5.96 Å². The summed E-state index contributed by atoms with van der Waals surface area (Å²) in [5.41, 5.74) is 3.52. The third-order valence-electron chi connectivity index (χ3n) is 0.970. The number of rotatable bonds is 0. The van der Waals surface area contributed by atoms with Crippen LogP contribution in [0.3, 0.4) is 0 Å². The zero-order chi connectivity index (χ0) is 6.81. The molecule has 6 heteroatoms. The van der Waals surface area contributed by atoms with Gasteiger partial charge in [-0.1, -0.05) is 0 Å². The van der Waals surface area contributed by atoms with Crippen LogP contribution in [0.4, 0.5) is 0 Å². The SMILES string of the molecule is C1=NC(n2nccn2)=N[N]1. The molecule has 0 spiro atoms. The smallest absolute Gasteiger partial charge is 0.195 e. The molecule has 6 nitrogen and oxygen atoms in total. The van der Waals surface area contributed by atoms with E-state index in [1.54, 1.807) is 12.4 Å². The van der Waals surface area contributed by atoms with Gasteiger partial charge in [-0.2, -0.15) is 15.2 Å². The second kappa shape index (κ2) is 1.90. The average Bonchev–Trinajstić information content (AvgIpc) is 2.59. The van der Waals surface area contributed by atoms with Crippen molar-refractivity contribution in [3.8, 4) is 0 Å². The normalized spacial score (nSPS) is 15.0. The van der Waals surface area contributed by atoms with Crippen LogP contribution in [0.25, 0.3) is 0 Å². The summed E-state index contributed by atoms with van der Waals surface area (Å²) in [6, 6.07) is 0. The topological polar surface area (TPSA) is 69.5 Å². The van der Waals surface area contributed by atoms with Crippen LogP contribution in [-0.2, 0) is 0 Å². The van der Waals surface area contributed by atoms with Gasteiger partial charge in [0.15, 0.2) is 0 Å². The summed E-state index contributed by atoms with van der Waals surface area (Å²) >= 11 is 0. The molecule has 1 aliphatic rings. The van der Waals surface area contributed by atoms with E-state index in [4.69, 9.17) is 0 Å². The summed E-state index contributed by atoms with van der Waals surface area (Å²) < 4.78 is 0. The molecule has 10 heavy (non-hydrogen) atoms. The van der Waals surface area contributed by atoms with E-state index in [9.17, 15) is 0 Å². The monoisotopic (exact) mass is 135 g/mol. The first-order valence-electron chi connectivity index (χ1n) is 2.64. The van der Waals surface area contributed by atoms with E-state index in [1.807, 2.05) is 0 Å². The number of nitrogens with zero attached hydrogens (tertiary/aromatic N) is 6. The molecule has 0 aromatic carbocycles. The molecule has 1 aromatic rings. The van der Waals surface area contributed by atoms with Crippen LogP contribution in [0.5, 0.6) is 0 Å². The summed E-state index contributed by atoms with van der Waals surface area (Å²) in [7, 11) is 0. The highest BCUT2D eigenvalue weighted by Gasteiger charge is 2.04. The highest BCUT2D eigenvalue weighted by molar-refractivity contribution is 5.90. The first kappa shape index (κ1) is 5.10. The van der Waals surface area contributed by atoms with Crippen LogP contribution in [-0.4, -0.2) is 27.3 Å². The maximum Gasteiger partial charge on any atom is 0.289 e. The Balaban J connectivity index is 2.36. The Morgan fingerprint density at radius 1 is 1.20 bits per heavy atom. The van der Waals surface area contributed by atoms with Crippen LogP contribution in [0.1, 0.15) is 0 Å². The fourth-order valence-corrected chi connectivity index (χ4v) is 0.591. The lowest BCUT2D eigenvalue weighted by Crippen LogP contribution is -2.10. The molecule has 0 atom stereocenters. The molecule has 0 amide bonds. The Labute approximate surface area is 56.3 Å². The van der Waals surface area contributed by atoms with E-state index in [2.05, 4.69) is 25.7 Å². The van der Waals surface area contributed by atoms with Gasteiger partial charge in [0.2, 0.25) is 0 Å². The largest absolute Gasteiger partial charge is 0.289 e. The van der Waals surface area contributed by atoms with Crippen molar-refractivity contribution in [2.75, 3.05) is 0 Å². The molecular weight excluding hydrogens is 132 g/mol. The van der Waals surface area contributed by atoms with Crippen molar-refractivity contribution in [2.24, 2.45) is 10.1 Å². The molecule has 1 aliphatic heterocycles. The van der Waals surface area contributed by atoms with Crippen LogP contribution in [0, 0.1) is 0 Å². The maximum atomic E-state index is 3.80. The van der Waals surface area contributed by atoms with Crippen molar-refractivity contribution < 1.29 is 0 Å². The predicted molar refractivity (Wildman–Crippen MR) is 33.5 cm³/mol. The highest BCUT2D eigenvalue weighted by Crippen LogP contribution is 1.87. The van der Waals surface area contributed by atoms with Crippen LogP contribution in [0.2, 0.25) is 0 Å². The zero-order valence-corrected chi connectivity index (χ0v) is 4.92. The minimum atomic E-state index is 0.394. The van der Waals surface area contributed by atoms with Crippen LogP contribution < -0.4 is 5.43 Å². The van der Waals surface area contributed by atoms with Crippen LogP contribution >= 0.6 is 0 Å². The number of aromatic nitrogens is 3. The summed E-state index contributed by atoms with van der Waals surface area (Å²) in [4.78, 5) is 5.07. The van der Waals surface area contributed by atoms with E-state index in [-0.39, 0.29) is 0 Å². The van der Waals surface area contributed by atoms with Gasteiger partial charge in [-0.3, -0.25) is 0 Å². The summed E-state index contributed by atoms with van der Waals surface area (Å²) in [6.07, 6.45) is 4.45. The fraction of sp³-hybridized carbons (Fsp3) is 0. The minimum Gasteiger partial charge on any atom is -0.195 e. The minimum absolute atomic E-state index is 0.394. The first-order valence-corrected chi connectivity index (χ1v) is 2.64. The van der Waals surface area contributed by atoms with Crippen LogP contribution in [0.15, 0.2) is 22.5 Å². The van der Waals surface area contributed by atoms with Crippen molar-refractivity contribution in [2.45, 2.75) is 0 Å². The molecule has 0 N–H and O–H groups in total. The van der Waals surface area contributed by atoms with E-state index in [1.165, 1.54) is 11.1 Å². The van der Waals surface area contributed by atoms with Gasteiger partial charge >= 0.3 is 0 Å². The lowest BCUT2D eigenvalue weighted by Gasteiger charge is -1.88. The van der Waals surface area contributed by atoms with Gasteiger partial charge in [0.05, 0.1) is 12.4 Å².